The van der Waals surface area contributed by atoms with E-state index in [1.807, 2.05) is 30.3 Å². The zero-order valence-corrected chi connectivity index (χ0v) is 17.0. The predicted octanol–water partition coefficient (Wildman–Crippen LogP) is 2.44. The van der Waals surface area contributed by atoms with E-state index < -0.39 is 30.4 Å². The zero-order valence-electron chi connectivity index (χ0n) is 17.0. The van der Waals surface area contributed by atoms with Crippen molar-refractivity contribution < 1.29 is 24.3 Å². The first-order chi connectivity index (χ1) is 15.5. The zero-order chi connectivity index (χ0) is 22.7. The van der Waals surface area contributed by atoms with Gasteiger partial charge in [-0.25, -0.2) is 0 Å². The average molecular weight is 428 g/mol. The Hall–Kier alpha value is -4.26. The minimum Gasteiger partial charge on any atom is -0.480 e. The molecule has 0 saturated carbocycles. The topological polar surface area (TPSA) is 113 Å². The number of amides is 2. The lowest BCUT2D eigenvalue weighted by atomic mass is 9.98. The molecule has 0 saturated heterocycles. The van der Waals surface area contributed by atoms with E-state index in [0.717, 1.165) is 5.56 Å². The average Bonchev–Trinajstić information content (AvgIpc) is 3.10. The normalized spacial score (nSPS) is 12.4. The van der Waals surface area contributed by atoms with Crippen molar-refractivity contribution in [2.24, 2.45) is 0 Å². The van der Waals surface area contributed by atoms with E-state index in [0.29, 0.717) is 22.3 Å². The van der Waals surface area contributed by atoms with Gasteiger partial charge in [-0.1, -0.05) is 66.7 Å². The lowest BCUT2D eigenvalue weighted by Gasteiger charge is -2.19. The summed E-state index contributed by atoms with van der Waals surface area (Å²) in [6, 6.07) is 20.1. The van der Waals surface area contributed by atoms with Crippen molar-refractivity contribution in [3.63, 3.8) is 0 Å². The highest BCUT2D eigenvalue weighted by molar-refractivity contribution is 6.24. The quantitative estimate of drug-likeness (QED) is 0.419. The van der Waals surface area contributed by atoms with Gasteiger partial charge in [-0.05, 0) is 17.2 Å². The third kappa shape index (κ3) is 4.13. The van der Waals surface area contributed by atoms with Crippen LogP contribution in [0.3, 0.4) is 0 Å². The Morgan fingerprint density at radius 3 is 2.19 bits per heavy atom. The number of nitrogens with one attached hydrogen (secondary N) is 2. The number of carboxylic acids is 1. The van der Waals surface area contributed by atoms with Gasteiger partial charge in [0.15, 0.2) is 5.78 Å². The predicted molar refractivity (Wildman–Crippen MR) is 117 cm³/mol. The Morgan fingerprint density at radius 2 is 1.47 bits per heavy atom. The Balaban J connectivity index is 1.64. The van der Waals surface area contributed by atoms with Crippen molar-refractivity contribution in [1.29, 1.82) is 0 Å². The second-order valence-corrected chi connectivity index (χ2v) is 7.43. The molecule has 4 rings (SSSR count). The molecule has 7 heteroatoms. The highest BCUT2D eigenvalue weighted by Gasteiger charge is 2.31. The molecular formula is C25H20N2O5. The van der Waals surface area contributed by atoms with Crippen LogP contribution >= 0.6 is 0 Å². The number of fused-ring (bicyclic) bond motifs is 3. The number of carbonyl (C=O) groups excluding carboxylic acids is 3. The fourth-order valence-corrected chi connectivity index (χ4v) is 3.85. The van der Waals surface area contributed by atoms with Crippen LogP contribution in [0.2, 0.25) is 0 Å². The molecule has 0 heterocycles. The van der Waals surface area contributed by atoms with Crippen LogP contribution in [-0.2, 0) is 16.0 Å². The number of carbonyl (C=O) groups is 4. The largest absolute Gasteiger partial charge is 0.480 e. The molecule has 160 valence electrons. The van der Waals surface area contributed by atoms with Gasteiger partial charge in [-0.15, -0.1) is 0 Å². The van der Waals surface area contributed by atoms with E-state index in [1.54, 1.807) is 42.5 Å². The summed E-state index contributed by atoms with van der Waals surface area (Å²) in [7, 11) is 0. The van der Waals surface area contributed by atoms with Gasteiger partial charge in [0, 0.05) is 28.7 Å². The molecule has 1 aliphatic rings. The van der Waals surface area contributed by atoms with Crippen molar-refractivity contribution in [3.8, 4) is 11.1 Å². The summed E-state index contributed by atoms with van der Waals surface area (Å²) < 4.78 is 0. The maximum atomic E-state index is 13.2. The highest BCUT2D eigenvalue weighted by atomic mass is 16.4. The summed E-state index contributed by atoms with van der Waals surface area (Å²) in [5.74, 6) is -2.45. The SMILES string of the molecule is O=C(O)CNC(=O)[C@H](Cc1ccccc1)NC(=O)c1cccc2c1-c1ccccc1C2=O. The molecule has 0 bridgehead atoms. The summed E-state index contributed by atoms with van der Waals surface area (Å²) in [6.45, 7) is -0.553. The molecule has 0 unspecified atom stereocenters. The van der Waals surface area contributed by atoms with Gasteiger partial charge in [-0.2, -0.15) is 0 Å². The van der Waals surface area contributed by atoms with Crippen LogP contribution in [0.25, 0.3) is 11.1 Å². The number of carboxylic acid groups (broad SMARTS) is 1. The summed E-state index contributed by atoms with van der Waals surface area (Å²) in [5.41, 5.74) is 3.27. The van der Waals surface area contributed by atoms with Crippen LogP contribution in [0.5, 0.6) is 0 Å². The Morgan fingerprint density at radius 1 is 0.812 bits per heavy atom. The van der Waals surface area contributed by atoms with Crippen molar-refractivity contribution >= 4 is 23.6 Å². The fourth-order valence-electron chi connectivity index (χ4n) is 3.85. The number of hydrogen-bond acceptors (Lipinski definition) is 4. The van der Waals surface area contributed by atoms with Crippen molar-refractivity contribution in [3.05, 3.63) is 95.1 Å². The lowest BCUT2D eigenvalue weighted by molar-refractivity contribution is -0.138. The number of ketones is 1. The first-order valence-corrected chi connectivity index (χ1v) is 10.1. The molecule has 0 aromatic heterocycles. The van der Waals surface area contributed by atoms with Gasteiger partial charge < -0.3 is 15.7 Å². The molecule has 1 atom stereocenters. The molecule has 2 amide bonds. The standard InChI is InChI=1S/C25H20N2O5/c28-21(29)14-26-25(32)20(13-15-7-2-1-3-8-15)27-24(31)19-12-6-11-18-22(19)16-9-4-5-10-17(16)23(18)30/h1-12,20H,13-14H2,(H,26,32)(H,27,31)(H,28,29)/t20-/m0/s1. The summed E-state index contributed by atoms with van der Waals surface area (Å²) >= 11 is 0. The van der Waals surface area contributed by atoms with Crippen LogP contribution in [-0.4, -0.2) is 41.3 Å². The van der Waals surface area contributed by atoms with Gasteiger partial charge in [0.25, 0.3) is 5.91 Å². The number of rotatable bonds is 7. The van der Waals surface area contributed by atoms with E-state index in [9.17, 15) is 19.2 Å². The van der Waals surface area contributed by atoms with E-state index in [4.69, 9.17) is 5.11 Å². The molecule has 32 heavy (non-hydrogen) atoms. The van der Waals surface area contributed by atoms with Crippen LogP contribution in [0.15, 0.2) is 72.8 Å². The van der Waals surface area contributed by atoms with E-state index in [1.165, 1.54) is 0 Å². The van der Waals surface area contributed by atoms with Crippen LogP contribution in [0.4, 0.5) is 0 Å². The second-order valence-electron chi connectivity index (χ2n) is 7.43. The number of benzene rings is 3. The molecular weight excluding hydrogens is 408 g/mol. The third-order valence-electron chi connectivity index (χ3n) is 5.31. The Kier molecular flexibility index (Phi) is 5.81. The van der Waals surface area contributed by atoms with Gasteiger partial charge >= 0.3 is 5.97 Å². The van der Waals surface area contributed by atoms with Gasteiger partial charge in [0.1, 0.15) is 12.6 Å². The Labute approximate surface area is 184 Å². The van der Waals surface area contributed by atoms with Crippen molar-refractivity contribution in [2.45, 2.75) is 12.5 Å². The van der Waals surface area contributed by atoms with E-state index in [-0.39, 0.29) is 17.8 Å². The van der Waals surface area contributed by atoms with E-state index >= 15 is 0 Å². The smallest absolute Gasteiger partial charge is 0.322 e. The third-order valence-corrected chi connectivity index (χ3v) is 5.31. The minimum atomic E-state index is -1.18. The van der Waals surface area contributed by atoms with Gasteiger partial charge in [0.2, 0.25) is 5.91 Å². The molecule has 0 fully saturated rings. The monoisotopic (exact) mass is 428 g/mol. The summed E-state index contributed by atoms with van der Waals surface area (Å²) in [4.78, 5) is 49.5. The van der Waals surface area contributed by atoms with Crippen LogP contribution in [0.1, 0.15) is 31.8 Å². The van der Waals surface area contributed by atoms with Gasteiger partial charge in [0.05, 0.1) is 0 Å². The van der Waals surface area contributed by atoms with Crippen LogP contribution in [0, 0.1) is 0 Å². The molecule has 3 N–H and O–H groups in total. The molecule has 3 aromatic carbocycles. The van der Waals surface area contributed by atoms with Gasteiger partial charge in [-0.3, -0.25) is 19.2 Å². The molecule has 1 aliphatic carbocycles. The van der Waals surface area contributed by atoms with Crippen molar-refractivity contribution in [1.82, 2.24) is 10.6 Å². The first-order valence-electron chi connectivity index (χ1n) is 10.1. The highest BCUT2D eigenvalue weighted by Crippen LogP contribution is 2.38. The first kappa shape index (κ1) is 21.0. The molecule has 0 radical (unpaired) electrons. The fraction of sp³-hybridized carbons (Fsp3) is 0.120. The number of aliphatic carboxylic acids is 1. The van der Waals surface area contributed by atoms with Crippen LogP contribution < -0.4 is 10.6 Å². The molecule has 7 nitrogen and oxygen atoms in total. The molecule has 3 aromatic rings. The minimum absolute atomic E-state index is 0.148. The van der Waals surface area contributed by atoms with Crippen molar-refractivity contribution in [2.75, 3.05) is 6.54 Å². The number of hydrogen-bond donors (Lipinski definition) is 3. The second kappa shape index (κ2) is 8.85. The van der Waals surface area contributed by atoms with E-state index in [2.05, 4.69) is 10.6 Å². The summed E-state index contributed by atoms with van der Waals surface area (Å²) in [6.07, 6.45) is 0.183. The molecule has 0 spiro atoms. The Bertz CT molecular complexity index is 1220. The lowest BCUT2D eigenvalue weighted by Crippen LogP contribution is -2.49. The maximum absolute atomic E-state index is 13.2. The maximum Gasteiger partial charge on any atom is 0.322 e. The summed E-state index contributed by atoms with van der Waals surface area (Å²) in [5, 5.41) is 13.9. The molecule has 0 aliphatic heterocycles.